The van der Waals surface area contributed by atoms with Gasteiger partial charge in [0.05, 0.1) is 6.04 Å². The Labute approximate surface area is 197 Å². The predicted molar refractivity (Wildman–Crippen MR) is 122 cm³/mol. The van der Waals surface area contributed by atoms with Gasteiger partial charge in [0.2, 0.25) is 0 Å². The van der Waals surface area contributed by atoms with Gasteiger partial charge in [-0.1, -0.05) is 41.4 Å². The van der Waals surface area contributed by atoms with Gasteiger partial charge in [-0.3, -0.25) is 9.59 Å². The summed E-state index contributed by atoms with van der Waals surface area (Å²) in [5.41, 5.74) is 1.57. The monoisotopic (exact) mass is 479 g/mol. The number of nitrogens with one attached hydrogen (secondary N) is 2. The summed E-state index contributed by atoms with van der Waals surface area (Å²) in [6, 6.07) is 7.42. The minimum Gasteiger partial charge on any atom is -0.372 e. The second kappa shape index (κ2) is 9.43. The Kier molecular flexibility index (Phi) is 6.81. The van der Waals surface area contributed by atoms with Crippen molar-refractivity contribution in [3.8, 4) is 0 Å². The number of nitrogens with zero attached hydrogens (tertiary/aromatic N) is 1. The normalized spacial score (nSPS) is 28.9. The van der Waals surface area contributed by atoms with E-state index >= 15 is 0 Å². The maximum atomic E-state index is 13.5. The molecule has 2 unspecified atom stereocenters. The van der Waals surface area contributed by atoms with Gasteiger partial charge in [0.15, 0.2) is 18.0 Å². The fraction of sp³-hybridized carbons (Fsp3) is 0.478. The van der Waals surface area contributed by atoms with Crippen LogP contribution in [0.2, 0.25) is 5.02 Å². The van der Waals surface area contributed by atoms with E-state index in [4.69, 9.17) is 32.7 Å². The van der Waals surface area contributed by atoms with Crippen molar-refractivity contribution in [1.82, 2.24) is 15.5 Å². The third kappa shape index (κ3) is 5.12. The van der Waals surface area contributed by atoms with Crippen LogP contribution in [-0.2, 0) is 19.1 Å². The van der Waals surface area contributed by atoms with Crippen LogP contribution in [-0.4, -0.2) is 53.3 Å². The number of hydrogen-bond donors (Lipinski definition) is 2. The Morgan fingerprint density at radius 2 is 2.06 bits per heavy atom. The maximum Gasteiger partial charge on any atom is 0.255 e. The lowest BCUT2D eigenvalue weighted by atomic mass is 10.0. The molecule has 0 spiro atoms. The van der Waals surface area contributed by atoms with Crippen LogP contribution in [0.3, 0.4) is 0 Å². The zero-order valence-corrected chi connectivity index (χ0v) is 19.5. The minimum absolute atomic E-state index is 0.107. The topological polar surface area (TPSA) is 79.9 Å². The van der Waals surface area contributed by atoms with E-state index in [1.807, 2.05) is 30.3 Å². The van der Waals surface area contributed by atoms with E-state index < -0.39 is 23.9 Å². The van der Waals surface area contributed by atoms with Crippen molar-refractivity contribution in [3.05, 3.63) is 58.8 Å². The lowest BCUT2D eigenvalue weighted by Crippen LogP contribution is -2.49. The van der Waals surface area contributed by atoms with Crippen LogP contribution in [0.15, 0.2) is 48.2 Å². The van der Waals surface area contributed by atoms with E-state index in [1.54, 1.807) is 31.0 Å². The van der Waals surface area contributed by atoms with Crippen molar-refractivity contribution < 1.29 is 19.1 Å². The molecule has 1 aromatic rings. The molecule has 3 aliphatic heterocycles. The summed E-state index contributed by atoms with van der Waals surface area (Å²) in [5.74, 6) is -1.69. The zero-order valence-electron chi connectivity index (χ0n) is 18.0. The van der Waals surface area contributed by atoms with Crippen molar-refractivity contribution in [1.29, 1.82) is 0 Å². The molecule has 7 nitrogen and oxygen atoms in total. The molecule has 1 aromatic carbocycles. The quantitative estimate of drug-likeness (QED) is 0.500. The average molecular weight is 480 g/mol. The summed E-state index contributed by atoms with van der Waals surface area (Å²) in [6.45, 7) is 4.28. The van der Waals surface area contributed by atoms with Gasteiger partial charge in [-0.25, -0.2) is 0 Å². The largest absolute Gasteiger partial charge is 0.372 e. The van der Waals surface area contributed by atoms with Gasteiger partial charge < -0.3 is 25.0 Å². The Hall–Kier alpha value is -2.06. The van der Waals surface area contributed by atoms with Crippen molar-refractivity contribution in [2.24, 2.45) is 0 Å². The molecule has 2 amide bonds. The number of rotatable bonds is 5. The number of halogens is 2. The predicted octanol–water partition coefficient (Wildman–Crippen LogP) is 3.25. The lowest BCUT2D eigenvalue weighted by molar-refractivity contribution is -0.163. The molecule has 0 aromatic heterocycles. The zero-order chi connectivity index (χ0) is 22.9. The van der Waals surface area contributed by atoms with E-state index in [0.717, 1.165) is 24.0 Å². The molecule has 2 fully saturated rings. The fourth-order valence-electron chi connectivity index (χ4n) is 4.29. The van der Waals surface area contributed by atoms with Gasteiger partial charge in [0, 0.05) is 24.3 Å². The first-order valence-electron chi connectivity index (χ1n) is 10.7. The third-order valence-electron chi connectivity index (χ3n) is 5.74. The molecule has 172 valence electrons. The number of ether oxygens (including phenoxy) is 2. The number of amides is 2. The minimum atomic E-state index is -1.05. The molecule has 0 radical (unpaired) electrons. The molecular weight excluding hydrogens is 453 g/mol. The van der Waals surface area contributed by atoms with Crippen LogP contribution in [0.25, 0.3) is 0 Å². The van der Waals surface area contributed by atoms with Crippen LogP contribution in [0.5, 0.6) is 0 Å². The summed E-state index contributed by atoms with van der Waals surface area (Å²) in [6.07, 6.45) is 5.01. The Balaban J connectivity index is 1.47. The third-order valence-corrected chi connectivity index (χ3v) is 6.25. The first kappa shape index (κ1) is 23.1. The highest BCUT2D eigenvalue weighted by Crippen LogP contribution is 2.37. The van der Waals surface area contributed by atoms with Gasteiger partial charge in [-0.2, -0.15) is 0 Å². The average Bonchev–Trinajstić information content (AvgIpc) is 3.37. The highest BCUT2D eigenvalue weighted by atomic mass is 35.5. The summed E-state index contributed by atoms with van der Waals surface area (Å²) < 4.78 is 11.8. The second-order valence-electron chi connectivity index (χ2n) is 8.59. The molecule has 0 saturated carbocycles. The summed E-state index contributed by atoms with van der Waals surface area (Å²) in [5, 5.41) is 6.43. The van der Waals surface area contributed by atoms with Gasteiger partial charge >= 0.3 is 0 Å². The molecule has 32 heavy (non-hydrogen) atoms. The lowest BCUT2D eigenvalue weighted by Gasteiger charge is -2.29. The number of benzene rings is 1. The van der Waals surface area contributed by atoms with Crippen LogP contribution in [0, 0.1) is 0 Å². The van der Waals surface area contributed by atoms with E-state index in [0.29, 0.717) is 11.6 Å². The molecule has 4 atom stereocenters. The Morgan fingerprint density at radius 3 is 2.78 bits per heavy atom. The SMILES string of the molecule is CC1(C)O[C@@H](C(=O)NCC2=CNC(Cl)C=C2)[C@H](C(=O)N2CCCC2c2cccc(Cl)c2)O1. The molecule has 0 bridgehead atoms. The Bertz CT molecular complexity index is 949. The summed E-state index contributed by atoms with van der Waals surface area (Å²) in [7, 11) is 0. The van der Waals surface area contributed by atoms with Gasteiger partial charge in [0.25, 0.3) is 11.8 Å². The number of likely N-dealkylation sites (tertiary alicyclic amines) is 1. The van der Waals surface area contributed by atoms with Crippen LogP contribution < -0.4 is 10.6 Å². The smallest absolute Gasteiger partial charge is 0.255 e. The van der Waals surface area contributed by atoms with Gasteiger partial charge in [-0.05, 0) is 56.0 Å². The van der Waals surface area contributed by atoms with Crippen molar-refractivity contribution in [2.75, 3.05) is 13.1 Å². The molecule has 3 heterocycles. The van der Waals surface area contributed by atoms with Crippen molar-refractivity contribution >= 4 is 35.0 Å². The molecular formula is C23H27Cl2N3O4. The molecule has 4 rings (SSSR count). The second-order valence-corrected chi connectivity index (χ2v) is 9.49. The number of carbonyl (C=O) groups is 2. The van der Waals surface area contributed by atoms with Gasteiger partial charge in [0.1, 0.15) is 5.50 Å². The molecule has 0 aliphatic carbocycles. The van der Waals surface area contributed by atoms with Crippen LogP contribution in [0.4, 0.5) is 0 Å². The first-order chi connectivity index (χ1) is 15.2. The van der Waals surface area contributed by atoms with E-state index in [-0.39, 0.29) is 24.0 Å². The van der Waals surface area contributed by atoms with Crippen LogP contribution >= 0.6 is 23.2 Å². The van der Waals surface area contributed by atoms with Crippen molar-refractivity contribution in [3.63, 3.8) is 0 Å². The highest BCUT2D eigenvalue weighted by molar-refractivity contribution is 6.30. The highest BCUT2D eigenvalue weighted by Gasteiger charge is 2.51. The van der Waals surface area contributed by atoms with Crippen LogP contribution in [0.1, 0.15) is 38.3 Å². The van der Waals surface area contributed by atoms with Gasteiger partial charge in [-0.15, -0.1) is 0 Å². The number of carbonyl (C=O) groups excluding carboxylic acids is 2. The van der Waals surface area contributed by atoms with E-state index in [2.05, 4.69) is 10.6 Å². The molecule has 3 aliphatic rings. The Morgan fingerprint density at radius 1 is 1.28 bits per heavy atom. The molecule has 9 heteroatoms. The standard InChI is InChI=1S/C23H27Cl2N3O4/c1-23(2)31-19(21(29)27-13-14-8-9-18(25)26-12-14)20(32-23)22(30)28-10-4-7-17(28)15-5-3-6-16(24)11-15/h3,5-6,8-9,11-12,17-20,26H,4,7,10,13H2,1-2H3,(H,27,29)/t17?,18?,19-,20-/m1/s1. The number of hydrogen-bond acceptors (Lipinski definition) is 5. The first-order valence-corrected chi connectivity index (χ1v) is 11.5. The molecule has 2 N–H and O–H groups in total. The maximum absolute atomic E-state index is 13.5. The summed E-state index contributed by atoms with van der Waals surface area (Å²) in [4.78, 5) is 28.3. The summed E-state index contributed by atoms with van der Waals surface area (Å²) >= 11 is 12.1. The van der Waals surface area contributed by atoms with E-state index in [9.17, 15) is 9.59 Å². The van der Waals surface area contributed by atoms with E-state index in [1.165, 1.54) is 0 Å². The fourth-order valence-corrected chi connectivity index (χ4v) is 4.62. The number of dihydropyridines is 1. The van der Waals surface area contributed by atoms with Crippen molar-refractivity contribution in [2.45, 2.75) is 56.2 Å². The molecule has 2 saturated heterocycles. The number of alkyl halides is 1.